The summed E-state index contributed by atoms with van der Waals surface area (Å²) in [7, 11) is 0. The van der Waals surface area contributed by atoms with Crippen LogP contribution in [-0.4, -0.2) is 23.3 Å². The molecule has 134 valence electrons. The molecular formula is C18H15Cl2N3O3. The molecule has 0 bridgehead atoms. The van der Waals surface area contributed by atoms with E-state index in [2.05, 4.69) is 10.5 Å². The third kappa shape index (κ3) is 5.12. The number of rotatable bonds is 6. The van der Waals surface area contributed by atoms with Crippen molar-refractivity contribution in [3.05, 3.63) is 57.6 Å². The van der Waals surface area contributed by atoms with Gasteiger partial charge in [0.15, 0.2) is 6.61 Å². The Balaban J connectivity index is 2.02. The average molecular weight is 392 g/mol. The molecule has 8 heteroatoms. The molecule has 0 saturated heterocycles. The minimum Gasteiger partial charge on any atom is -0.506 e. The van der Waals surface area contributed by atoms with Crippen molar-refractivity contribution < 1.29 is 14.6 Å². The Hall–Kier alpha value is -2.75. The highest BCUT2D eigenvalue weighted by atomic mass is 35.5. The van der Waals surface area contributed by atoms with Crippen molar-refractivity contribution in [1.82, 2.24) is 5.43 Å². The Kier molecular flexibility index (Phi) is 6.84. The summed E-state index contributed by atoms with van der Waals surface area (Å²) in [5, 5.41) is 23.2. The van der Waals surface area contributed by atoms with Gasteiger partial charge in [-0.1, -0.05) is 30.1 Å². The summed E-state index contributed by atoms with van der Waals surface area (Å²) in [6.07, 6.45) is 0.432. The number of carbonyl (C=O) groups is 1. The van der Waals surface area contributed by atoms with E-state index in [1.54, 1.807) is 24.3 Å². The van der Waals surface area contributed by atoms with Crippen molar-refractivity contribution >= 4 is 34.8 Å². The number of phenolic OH excluding ortho intramolecular Hbond substituents is 1. The number of nitriles is 1. The highest BCUT2D eigenvalue weighted by molar-refractivity contribution is 6.36. The molecular weight excluding hydrogens is 377 g/mol. The van der Waals surface area contributed by atoms with Gasteiger partial charge in [-0.25, -0.2) is 5.43 Å². The van der Waals surface area contributed by atoms with E-state index in [1.165, 1.54) is 12.1 Å². The lowest BCUT2D eigenvalue weighted by Gasteiger charge is -2.10. The Morgan fingerprint density at radius 3 is 2.62 bits per heavy atom. The molecule has 0 aliphatic carbocycles. The average Bonchev–Trinajstić information content (AvgIpc) is 2.64. The van der Waals surface area contributed by atoms with Crippen LogP contribution in [0.2, 0.25) is 10.0 Å². The molecule has 2 rings (SSSR count). The van der Waals surface area contributed by atoms with Gasteiger partial charge < -0.3 is 9.84 Å². The second-order valence-corrected chi connectivity index (χ2v) is 6.00. The SMILES string of the molecule is CC/C(=N/NC(=O)COc1ccc(C#N)cc1)c1cc(Cl)cc(Cl)c1O. The van der Waals surface area contributed by atoms with E-state index < -0.39 is 5.91 Å². The van der Waals surface area contributed by atoms with Crippen LogP contribution in [0.3, 0.4) is 0 Å². The number of hydrogen-bond donors (Lipinski definition) is 2. The predicted molar refractivity (Wildman–Crippen MR) is 99.7 cm³/mol. The first kappa shape index (κ1) is 19.6. The zero-order valence-corrected chi connectivity index (χ0v) is 15.3. The molecule has 2 aromatic carbocycles. The fourth-order valence-electron chi connectivity index (χ4n) is 2.05. The third-order valence-corrected chi connectivity index (χ3v) is 3.85. The highest BCUT2D eigenvalue weighted by Crippen LogP contribution is 2.32. The monoisotopic (exact) mass is 391 g/mol. The molecule has 0 aliphatic rings. The van der Waals surface area contributed by atoms with Crippen LogP contribution in [0.15, 0.2) is 41.5 Å². The van der Waals surface area contributed by atoms with Crippen LogP contribution in [-0.2, 0) is 4.79 Å². The maximum absolute atomic E-state index is 11.9. The van der Waals surface area contributed by atoms with Gasteiger partial charge in [-0.15, -0.1) is 0 Å². The maximum Gasteiger partial charge on any atom is 0.277 e. The molecule has 2 aromatic rings. The second-order valence-electron chi connectivity index (χ2n) is 5.16. The Morgan fingerprint density at radius 2 is 2.00 bits per heavy atom. The number of nitrogens with one attached hydrogen (secondary N) is 1. The van der Waals surface area contributed by atoms with Crippen molar-refractivity contribution in [1.29, 1.82) is 5.26 Å². The minimum atomic E-state index is -0.479. The normalized spacial score (nSPS) is 10.9. The van der Waals surface area contributed by atoms with Gasteiger partial charge in [-0.2, -0.15) is 10.4 Å². The second kappa shape index (κ2) is 9.09. The van der Waals surface area contributed by atoms with Crippen LogP contribution in [0.5, 0.6) is 11.5 Å². The topological polar surface area (TPSA) is 94.7 Å². The summed E-state index contributed by atoms with van der Waals surface area (Å²) in [5.41, 5.74) is 3.63. The lowest BCUT2D eigenvalue weighted by molar-refractivity contribution is -0.123. The van der Waals surface area contributed by atoms with Gasteiger partial charge in [0.2, 0.25) is 0 Å². The molecule has 0 heterocycles. The number of aromatic hydroxyl groups is 1. The molecule has 0 atom stereocenters. The number of amides is 1. The summed E-state index contributed by atoms with van der Waals surface area (Å²) in [5.74, 6) is -0.175. The largest absolute Gasteiger partial charge is 0.506 e. The van der Waals surface area contributed by atoms with Crippen molar-refractivity contribution in [3.63, 3.8) is 0 Å². The van der Waals surface area contributed by atoms with Crippen molar-refractivity contribution in [2.45, 2.75) is 13.3 Å². The van der Waals surface area contributed by atoms with Crippen molar-refractivity contribution in [2.24, 2.45) is 5.10 Å². The lowest BCUT2D eigenvalue weighted by atomic mass is 10.1. The molecule has 0 aliphatic heterocycles. The zero-order chi connectivity index (χ0) is 19.1. The smallest absolute Gasteiger partial charge is 0.277 e. The number of nitrogens with zero attached hydrogens (tertiary/aromatic N) is 2. The minimum absolute atomic E-state index is 0.101. The van der Waals surface area contributed by atoms with Crippen LogP contribution in [0, 0.1) is 11.3 Å². The molecule has 1 amide bonds. The first-order chi connectivity index (χ1) is 12.4. The summed E-state index contributed by atoms with van der Waals surface area (Å²) < 4.78 is 5.32. The van der Waals surface area contributed by atoms with E-state index in [9.17, 15) is 9.90 Å². The molecule has 6 nitrogen and oxygen atoms in total. The molecule has 2 N–H and O–H groups in total. The van der Waals surface area contributed by atoms with E-state index in [4.69, 9.17) is 33.2 Å². The molecule has 26 heavy (non-hydrogen) atoms. The Morgan fingerprint density at radius 1 is 1.31 bits per heavy atom. The fraction of sp³-hybridized carbons (Fsp3) is 0.167. The first-order valence-electron chi connectivity index (χ1n) is 7.61. The van der Waals surface area contributed by atoms with Gasteiger partial charge in [0, 0.05) is 10.6 Å². The van der Waals surface area contributed by atoms with Gasteiger partial charge in [0.25, 0.3) is 5.91 Å². The summed E-state index contributed by atoms with van der Waals surface area (Å²) in [6, 6.07) is 11.3. The summed E-state index contributed by atoms with van der Waals surface area (Å²) in [6.45, 7) is 1.56. The van der Waals surface area contributed by atoms with Gasteiger partial charge >= 0.3 is 0 Å². The predicted octanol–water partition coefficient (Wildman–Crippen LogP) is 3.88. The zero-order valence-electron chi connectivity index (χ0n) is 13.8. The van der Waals surface area contributed by atoms with Crippen LogP contribution < -0.4 is 10.2 Å². The van der Waals surface area contributed by atoms with Crippen LogP contribution in [0.25, 0.3) is 0 Å². The summed E-state index contributed by atoms with van der Waals surface area (Å²) >= 11 is 11.9. The quantitative estimate of drug-likeness (QED) is 0.576. The lowest BCUT2D eigenvalue weighted by Crippen LogP contribution is -2.26. The van der Waals surface area contributed by atoms with E-state index in [0.717, 1.165) is 0 Å². The Labute approximate surface area is 160 Å². The molecule has 0 saturated carbocycles. The third-order valence-electron chi connectivity index (χ3n) is 3.34. The van der Waals surface area contributed by atoms with Gasteiger partial charge in [0.05, 0.1) is 22.4 Å². The van der Waals surface area contributed by atoms with E-state index in [-0.39, 0.29) is 17.4 Å². The number of carbonyl (C=O) groups excluding carboxylic acids is 1. The van der Waals surface area contributed by atoms with E-state index >= 15 is 0 Å². The standard InChI is InChI=1S/C18H15Cl2N3O3/c1-2-16(14-7-12(19)8-15(20)18(14)25)22-23-17(24)10-26-13-5-3-11(9-21)4-6-13/h3-8,25H,2,10H2,1H3,(H,23,24)/b22-16-. The molecule has 0 unspecified atom stereocenters. The number of hydrazone groups is 1. The van der Waals surface area contributed by atoms with Gasteiger partial charge in [-0.05, 0) is 42.8 Å². The maximum atomic E-state index is 11.9. The summed E-state index contributed by atoms with van der Waals surface area (Å²) in [4.78, 5) is 11.9. The van der Waals surface area contributed by atoms with Crippen molar-refractivity contribution in [2.75, 3.05) is 6.61 Å². The number of benzene rings is 2. The Bertz CT molecular complexity index is 874. The fourth-order valence-corrected chi connectivity index (χ4v) is 2.55. The number of hydrogen-bond acceptors (Lipinski definition) is 5. The van der Waals surface area contributed by atoms with Crippen LogP contribution in [0.4, 0.5) is 0 Å². The number of phenols is 1. The van der Waals surface area contributed by atoms with Crippen LogP contribution >= 0.6 is 23.2 Å². The highest BCUT2D eigenvalue weighted by Gasteiger charge is 2.13. The molecule has 0 radical (unpaired) electrons. The molecule has 0 aromatic heterocycles. The first-order valence-corrected chi connectivity index (χ1v) is 8.37. The molecule has 0 spiro atoms. The number of halogens is 2. The number of ether oxygens (including phenoxy) is 1. The van der Waals surface area contributed by atoms with E-state index in [1.807, 2.05) is 13.0 Å². The van der Waals surface area contributed by atoms with Crippen LogP contribution in [0.1, 0.15) is 24.5 Å². The van der Waals surface area contributed by atoms with E-state index in [0.29, 0.717) is 34.0 Å². The van der Waals surface area contributed by atoms with Crippen molar-refractivity contribution in [3.8, 4) is 17.6 Å². The van der Waals surface area contributed by atoms with Gasteiger partial charge in [-0.3, -0.25) is 4.79 Å². The molecule has 0 fully saturated rings. The van der Waals surface area contributed by atoms with Gasteiger partial charge in [0.1, 0.15) is 11.5 Å².